The first-order valence-electron chi connectivity index (χ1n) is 14.0. The van der Waals surface area contributed by atoms with Gasteiger partial charge < -0.3 is 16.4 Å². The molecule has 0 amide bonds. The smallest absolute Gasteiger partial charge is 0.165 e. The first kappa shape index (κ1) is 24.8. The molecule has 2 atom stereocenters. The van der Waals surface area contributed by atoms with Crippen LogP contribution in [-0.4, -0.2) is 50.3 Å². The van der Waals surface area contributed by atoms with Gasteiger partial charge in [0.15, 0.2) is 5.65 Å². The van der Waals surface area contributed by atoms with Crippen LogP contribution in [0.3, 0.4) is 0 Å². The van der Waals surface area contributed by atoms with E-state index >= 15 is 0 Å². The quantitative estimate of drug-likeness (QED) is 0.330. The summed E-state index contributed by atoms with van der Waals surface area (Å²) < 4.78 is 2.21. The third-order valence-corrected chi connectivity index (χ3v) is 8.42. The number of nitrogen functional groups attached to an aromatic ring is 1. The fraction of sp³-hybridized carbons (Fsp3) is 0.433. The Kier molecular flexibility index (Phi) is 6.76. The van der Waals surface area contributed by atoms with Gasteiger partial charge in [0.25, 0.3) is 0 Å². The number of nitrogens with one attached hydrogen (secondary N) is 2. The van der Waals surface area contributed by atoms with Gasteiger partial charge in [0.1, 0.15) is 23.5 Å². The summed E-state index contributed by atoms with van der Waals surface area (Å²) in [6, 6.07) is 19.6. The summed E-state index contributed by atoms with van der Waals surface area (Å²) in [6.45, 7) is 7.47. The highest BCUT2D eigenvalue weighted by Gasteiger charge is 2.45. The van der Waals surface area contributed by atoms with Gasteiger partial charge in [0.05, 0.1) is 5.39 Å². The summed E-state index contributed by atoms with van der Waals surface area (Å²) in [6.07, 6.45) is 7.35. The molecule has 0 radical (unpaired) electrons. The third kappa shape index (κ3) is 4.41. The van der Waals surface area contributed by atoms with Gasteiger partial charge in [0.2, 0.25) is 0 Å². The van der Waals surface area contributed by atoms with E-state index in [4.69, 9.17) is 15.8 Å². The largest absolute Gasteiger partial charge is 0.383 e. The molecule has 0 spiro atoms. The van der Waals surface area contributed by atoms with Crippen LogP contribution in [-0.2, 0) is 5.66 Å². The predicted molar refractivity (Wildman–Crippen MR) is 154 cm³/mol. The molecule has 198 valence electrons. The molecule has 2 fully saturated rings. The molecule has 0 bridgehead atoms. The first-order valence-corrected chi connectivity index (χ1v) is 14.0. The molecule has 4 aromatic rings. The van der Waals surface area contributed by atoms with Crippen LogP contribution in [0.5, 0.6) is 0 Å². The second-order valence-corrected chi connectivity index (χ2v) is 10.9. The molecule has 2 aromatic carbocycles. The van der Waals surface area contributed by atoms with Crippen molar-refractivity contribution >= 4 is 22.5 Å². The molecule has 1 aliphatic heterocycles. The number of aromatic nitrogens is 4. The fourth-order valence-corrected chi connectivity index (χ4v) is 6.46. The number of piperazine rings is 1. The molecule has 3 heterocycles. The minimum Gasteiger partial charge on any atom is -0.383 e. The molecule has 2 unspecified atom stereocenters. The van der Waals surface area contributed by atoms with Crippen molar-refractivity contribution in [1.29, 1.82) is 0 Å². The standard InChI is InChI=1S/C30H38N8/c1-21-19-32-17-18-37(21)30(15-7-4-8-16-30)38-29-26(28(31)33-20-34-29)27(36-38)24-11-13-25(14-12-24)35-22(2)23-9-5-3-6-10-23/h3,5-6,9-14,20-22,32,35H,4,7-8,15-19H2,1-2H3,(H2,31,33,34). The SMILES string of the molecule is CC(Nc1ccc(-c2nn(C3(N4CCNCC4C)CCCCC3)c3ncnc(N)c23)cc1)c1ccccc1. The maximum Gasteiger partial charge on any atom is 0.165 e. The molecule has 8 nitrogen and oxygen atoms in total. The number of nitrogens with two attached hydrogens (primary N) is 1. The zero-order valence-corrected chi connectivity index (χ0v) is 22.4. The Morgan fingerprint density at radius 2 is 1.79 bits per heavy atom. The van der Waals surface area contributed by atoms with Gasteiger partial charge in [-0.05, 0) is 57.2 Å². The summed E-state index contributed by atoms with van der Waals surface area (Å²) in [4.78, 5) is 11.8. The molecule has 4 N–H and O–H groups in total. The molecule has 2 aliphatic rings. The summed E-state index contributed by atoms with van der Waals surface area (Å²) in [5.74, 6) is 0.482. The summed E-state index contributed by atoms with van der Waals surface area (Å²) >= 11 is 0. The Morgan fingerprint density at radius 1 is 1.03 bits per heavy atom. The highest BCUT2D eigenvalue weighted by atomic mass is 15.5. The molecule has 1 saturated carbocycles. The first-order chi connectivity index (χ1) is 18.6. The number of fused-ring (bicyclic) bond motifs is 1. The van der Waals surface area contributed by atoms with Crippen molar-refractivity contribution in [3.05, 3.63) is 66.5 Å². The van der Waals surface area contributed by atoms with E-state index in [-0.39, 0.29) is 11.7 Å². The molecule has 1 aliphatic carbocycles. The third-order valence-electron chi connectivity index (χ3n) is 8.42. The topological polar surface area (TPSA) is 96.9 Å². The van der Waals surface area contributed by atoms with E-state index in [9.17, 15) is 0 Å². The lowest BCUT2D eigenvalue weighted by Gasteiger charge is -2.51. The lowest BCUT2D eigenvalue weighted by molar-refractivity contribution is -0.0585. The fourth-order valence-electron chi connectivity index (χ4n) is 6.46. The van der Waals surface area contributed by atoms with Crippen molar-refractivity contribution in [3.63, 3.8) is 0 Å². The average molecular weight is 511 g/mol. The van der Waals surface area contributed by atoms with E-state index in [0.29, 0.717) is 11.9 Å². The van der Waals surface area contributed by atoms with Crippen LogP contribution in [0.15, 0.2) is 60.9 Å². The van der Waals surface area contributed by atoms with E-state index < -0.39 is 0 Å². The summed E-state index contributed by atoms with van der Waals surface area (Å²) in [7, 11) is 0. The van der Waals surface area contributed by atoms with Gasteiger partial charge in [-0.3, -0.25) is 4.90 Å². The van der Waals surface area contributed by atoms with Crippen LogP contribution in [0.4, 0.5) is 11.5 Å². The van der Waals surface area contributed by atoms with Crippen LogP contribution >= 0.6 is 0 Å². The minimum atomic E-state index is -0.205. The molecule has 8 heteroatoms. The van der Waals surface area contributed by atoms with Gasteiger partial charge in [-0.2, -0.15) is 5.10 Å². The van der Waals surface area contributed by atoms with Crippen molar-refractivity contribution in [2.45, 2.75) is 63.7 Å². The lowest BCUT2D eigenvalue weighted by Crippen LogP contribution is -2.62. The van der Waals surface area contributed by atoms with Crippen LogP contribution in [0.25, 0.3) is 22.3 Å². The maximum atomic E-state index is 6.51. The number of anilines is 2. The van der Waals surface area contributed by atoms with Gasteiger partial charge >= 0.3 is 0 Å². The molecular weight excluding hydrogens is 472 g/mol. The highest BCUT2D eigenvalue weighted by molar-refractivity contribution is 5.98. The van der Waals surface area contributed by atoms with Crippen molar-refractivity contribution < 1.29 is 0 Å². The second kappa shape index (κ2) is 10.3. The summed E-state index contributed by atoms with van der Waals surface area (Å²) in [5, 5.41) is 13.3. The Balaban J connectivity index is 1.40. The predicted octanol–water partition coefficient (Wildman–Crippen LogP) is 5.16. The Hall–Kier alpha value is -3.49. The van der Waals surface area contributed by atoms with Gasteiger partial charge in [-0.1, -0.05) is 48.9 Å². The minimum absolute atomic E-state index is 0.205. The molecular formula is C30H38N8. The lowest BCUT2D eigenvalue weighted by atomic mass is 9.86. The Bertz CT molecular complexity index is 1370. The highest BCUT2D eigenvalue weighted by Crippen LogP contribution is 2.43. The van der Waals surface area contributed by atoms with Crippen molar-refractivity contribution in [2.24, 2.45) is 0 Å². The van der Waals surface area contributed by atoms with E-state index in [1.807, 2.05) is 6.07 Å². The monoisotopic (exact) mass is 510 g/mol. The molecule has 1 saturated heterocycles. The number of rotatable bonds is 6. The van der Waals surface area contributed by atoms with Crippen molar-refractivity contribution in [3.8, 4) is 11.3 Å². The summed E-state index contributed by atoms with van der Waals surface area (Å²) in [5.41, 5.74) is 11.3. The van der Waals surface area contributed by atoms with E-state index in [1.165, 1.54) is 24.8 Å². The van der Waals surface area contributed by atoms with E-state index in [2.05, 4.69) is 87.6 Å². The normalized spacial score (nSPS) is 20.8. The Labute approximate surface area is 224 Å². The van der Waals surface area contributed by atoms with Crippen LogP contribution in [0, 0.1) is 0 Å². The molecule has 38 heavy (non-hydrogen) atoms. The second-order valence-electron chi connectivity index (χ2n) is 10.9. The van der Waals surface area contributed by atoms with Crippen LogP contribution < -0.4 is 16.4 Å². The van der Waals surface area contributed by atoms with Gasteiger partial charge in [-0.25, -0.2) is 14.6 Å². The van der Waals surface area contributed by atoms with E-state index in [0.717, 1.165) is 60.5 Å². The van der Waals surface area contributed by atoms with Crippen LogP contribution in [0.1, 0.15) is 57.6 Å². The maximum absolute atomic E-state index is 6.51. The zero-order chi connectivity index (χ0) is 26.1. The van der Waals surface area contributed by atoms with E-state index in [1.54, 1.807) is 6.33 Å². The molecule has 2 aromatic heterocycles. The molecule has 6 rings (SSSR count). The number of benzene rings is 2. The van der Waals surface area contributed by atoms with Gasteiger partial charge in [-0.15, -0.1) is 0 Å². The average Bonchev–Trinajstić information content (AvgIpc) is 3.36. The number of hydrogen-bond donors (Lipinski definition) is 3. The van der Waals surface area contributed by atoms with Crippen LogP contribution in [0.2, 0.25) is 0 Å². The van der Waals surface area contributed by atoms with Crippen molar-refractivity contribution in [2.75, 3.05) is 30.7 Å². The number of nitrogens with zero attached hydrogens (tertiary/aromatic N) is 5. The van der Waals surface area contributed by atoms with Gasteiger partial charge in [0, 0.05) is 43.0 Å². The number of hydrogen-bond acceptors (Lipinski definition) is 7. The Morgan fingerprint density at radius 3 is 2.53 bits per heavy atom. The van der Waals surface area contributed by atoms with Crippen molar-refractivity contribution in [1.82, 2.24) is 30.0 Å². The zero-order valence-electron chi connectivity index (χ0n) is 22.4.